The Morgan fingerprint density at radius 1 is 0.680 bits per heavy atom. The molecule has 2 nitrogen and oxygen atoms in total. The molecule has 4 rings (SSSR count). The van der Waals surface area contributed by atoms with Crippen molar-refractivity contribution in [3.05, 3.63) is 101 Å². The molecule has 0 spiro atoms. The van der Waals surface area contributed by atoms with Crippen LogP contribution in [0.4, 0.5) is 0 Å². The van der Waals surface area contributed by atoms with Crippen LogP contribution in [-0.4, -0.2) is 4.98 Å². The molecule has 0 amide bonds. The first-order valence-electron chi connectivity index (χ1n) is 8.03. The number of fused-ring (bicyclic) bond motifs is 2. The molecule has 3 heteroatoms. The molecule has 1 heterocycles. The van der Waals surface area contributed by atoms with E-state index in [2.05, 4.69) is 29.2 Å². The molecule has 25 heavy (non-hydrogen) atoms. The lowest BCUT2D eigenvalue weighted by atomic mass is 10.1. The topological polar surface area (TPSA) is 30.0 Å². The van der Waals surface area contributed by atoms with Crippen LogP contribution in [0.3, 0.4) is 0 Å². The smallest absolute Gasteiger partial charge is 0.180 e. The molecular formula is C22H15NOS. The maximum Gasteiger partial charge on any atom is 0.180 e. The summed E-state index contributed by atoms with van der Waals surface area (Å²) in [5, 5.41) is 0. The number of aromatic nitrogens is 1. The first kappa shape index (κ1) is 15.5. The van der Waals surface area contributed by atoms with Crippen molar-refractivity contribution < 1.29 is 0 Å². The van der Waals surface area contributed by atoms with Crippen molar-refractivity contribution in [2.45, 2.75) is 0 Å². The number of hydrogen-bond donors (Lipinski definition) is 0. The zero-order valence-corrected chi connectivity index (χ0v) is 14.2. The third-order valence-corrected chi connectivity index (χ3v) is 5.00. The predicted octanol–water partition coefficient (Wildman–Crippen LogP) is 5.55. The summed E-state index contributed by atoms with van der Waals surface area (Å²) in [7, 11) is 0. The van der Waals surface area contributed by atoms with Crippen molar-refractivity contribution in [3.63, 3.8) is 0 Å². The van der Waals surface area contributed by atoms with E-state index in [4.69, 9.17) is 0 Å². The second kappa shape index (κ2) is 6.83. The molecule has 0 bridgehead atoms. The van der Waals surface area contributed by atoms with Crippen molar-refractivity contribution in [2.75, 3.05) is 0 Å². The molecule has 0 aromatic heterocycles. The minimum Gasteiger partial charge on any atom is -0.290 e. The van der Waals surface area contributed by atoms with E-state index in [1.807, 2.05) is 48.5 Å². The SMILES string of the molecule is O=c1ccc2nc3ccc(-c4ccccccccc4)cc3sc-2c1. The molecule has 0 unspecified atom stereocenters. The second-order valence-corrected chi connectivity index (χ2v) is 6.75. The van der Waals surface area contributed by atoms with Crippen LogP contribution in [0.5, 0.6) is 0 Å². The number of hydrogen-bond acceptors (Lipinski definition) is 3. The zero-order chi connectivity index (χ0) is 17.1. The second-order valence-electron chi connectivity index (χ2n) is 5.66. The number of nitrogens with zero attached hydrogens (tertiary/aromatic N) is 1. The quantitative estimate of drug-likeness (QED) is 0.425. The van der Waals surface area contributed by atoms with E-state index in [-0.39, 0.29) is 5.43 Å². The van der Waals surface area contributed by atoms with Crippen LogP contribution in [-0.2, 0) is 0 Å². The average molecular weight is 341 g/mol. The molecule has 1 aliphatic heterocycles. The molecule has 2 aliphatic rings. The normalized spacial score (nSPS) is 10.6. The van der Waals surface area contributed by atoms with Crippen molar-refractivity contribution >= 4 is 21.6 Å². The Balaban J connectivity index is 1.91. The van der Waals surface area contributed by atoms with Crippen LogP contribution in [0.15, 0.2) is 95.8 Å². The van der Waals surface area contributed by atoms with Gasteiger partial charge in [-0.15, -0.1) is 11.3 Å². The van der Waals surface area contributed by atoms with Gasteiger partial charge in [-0.25, -0.2) is 4.98 Å². The molecule has 0 radical (unpaired) electrons. The number of rotatable bonds is 1. The summed E-state index contributed by atoms with van der Waals surface area (Å²) in [6, 6.07) is 29.6. The van der Waals surface area contributed by atoms with Crippen LogP contribution in [0.1, 0.15) is 0 Å². The van der Waals surface area contributed by atoms with Gasteiger partial charge in [0.1, 0.15) is 0 Å². The van der Waals surface area contributed by atoms with Crippen LogP contribution in [0.2, 0.25) is 0 Å². The zero-order valence-electron chi connectivity index (χ0n) is 13.4. The minimum atomic E-state index is 0.0176. The summed E-state index contributed by atoms with van der Waals surface area (Å²) in [6.45, 7) is 0. The van der Waals surface area contributed by atoms with Crippen LogP contribution in [0, 0.1) is 0 Å². The van der Waals surface area contributed by atoms with Gasteiger partial charge in [-0.3, -0.25) is 4.79 Å². The van der Waals surface area contributed by atoms with Crippen LogP contribution < -0.4 is 5.43 Å². The van der Waals surface area contributed by atoms with Gasteiger partial charge in [-0.2, -0.15) is 0 Å². The fourth-order valence-electron chi connectivity index (χ4n) is 2.67. The third kappa shape index (κ3) is 3.42. The molecule has 0 atom stereocenters. The fraction of sp³-hybridized carbons (Fsp3) is 0. The van der Waals surface area contributed by atoms with Gasteiger partial charge < -0.3 is 0 Å². The summed E-state index contributed by atoms with van der Waals surface area (Å²) in [5.41, 5.74) is 4.08. The maximum absolute atomic E-state index is 11.6. The Bertz CT molecular complexity index is 1110. The highest BCUT2D eigenvalue weighted by Crippen LogP contribution is 2.32. The maximum atomic E-state index is 11.6. The van der Waals surface area contributed by atoms with Gasteiger partial charge >= 0.3 is 0 Å². The van der Waals surface area contributed by atoms with E-state index in [0.29, 0.717) is 0 Å². The van der Waals surface area contributed by atoms with E-state index >= 15 is 0 Å². The molecule has 0 N–H and O–H groups in total. The summed E-state index contributed by atoms with van der Waals surface area (Å²) >= 11 is 1.60. The molecule has 0 saturated carbocycles. The minimum absolute atomic E-state index is 0.0176. The van der Waals surface area contributed by atoms with E-state index in [1.54, 1.807) is 29.5 Å². The van der Waals surface area contributed by atoms with E-state index in [9.17, 15) is 4.79 Å². The first-order valence-corrected chi connectivity index (χ1v) is 8.85. The highest BCUT2D eigenvalue weighted by molar-refractivity contribution is 7.21. The van der Waals surface area contributed by atoms with E-state index < -0.39 is 0 Å². The van der Waals surface area contributed by atoms with Crippen LogP contribution in [0.25, 0.3) is 31.9 Å². The summed E-state index contributed by atoms with van der Waals surface area (Å²) < 4.78 is 1.07. The third-order valence-electron chi connectivity index (χ3n) is 3.90. The Kier molecular flexibility index (Phi) is 4.23. The lowest BCUT2D eigenvalue weighted by molar-refractivity contribution is 1.41. The first-order chi connectivity index (χ1) is 12.3. The average Bonchev–Trinajstić information content (AvgIpc) is 2.64. The fourth-order valence-corrected chi connectivity index (χ4v) is 3.71. The molecule has 1 aliphatic carbocycles. The highest BCUT2D eigenvalue weighted by Gasteiger charge is 2.08. The standard InChI is InChI=1S/C22H15NOS/c24-18-11-13-20-22(15-18)25-21-14-17(10-12-19(21)23-20)16-8-6-4-2-1-3-5-7-9-16/h1-15H. The monoisotopic (exact) mass is 341 g/mol. The van der Waals surface area contributed by atoms with Gasteiger partial charge in [0.2, 0.25) is 0 Å². The molecule has 120 valence electrons. The van der Waals surface area contributed by atoms with Gasteiger partial charge in [-0.1, -0.05) is 60.7 Å². The Morgan fingerprint density at radius 2 is 1.40 bits per heavy atom. The van der Waals surface area contributed by atoms with Crippen molar-refractivity contribution in [1.82, 2.24) is 4.98 Å². The largest absolute Gasteiger partial charge is 0.290 e. The lowest BCUT2D eigenvalue weighted by Crippen LogP contribution is -1.98. The van der Waals surface area contributed by atoms with Crippen molar-refractivity contribution in [2.24, 2.45) is 0 Å². The summed E-state index contributed by atoms with van der Waals surface area (Å²) in [4.78, 5) is 17.2. The highest BCUT2D eigenvalue weighted by atomic mass is 32.1. The Labute approximate surface area is 149 Å². The van der Waals surface area contributed by atoms with E-state index in [1.165, 1.54) is 0 Å². The van der Waals surface area contributed by atoms with E-state index in [0.717, 1.165) is 31.9 Å². The van der Waals surface area contributed by atoms with Gasteiger partial charge in [0.25, 0.3) is 0 Å². The molecule has 2 aromatic rings. The lowest BCUT2D eigenvalue weighted by Gasteiger charge is -2.07. The predicted molar refractivity (Wildman–Crippen MR) is 106 cm³/mol. The van der Waals surface area contributed by atoms with Gasteiger partial charge in [0.05, 0.1) is 20.8 Å². The molecular weight excluding hydrogens is 326 g/mol. The van der Waals surface area contributed by atoms with Gasteiger partial charge in [-0.05, 0) is 35.4 Å². The van der Waals surface area contributed by atoms with Gasteiger partial charge in [0.15, 0.2) is 5.43 Å². The molecule has 0 fully saturated rings. The number of benzene rings is 2. The molecule has 2 aromatic carbocycles. The van der Waals surface area contributed by atoms with Crippen molar-refractivity contribution in [1.29, 1.82) is 0 Å². The van der Waals surface area contributed by atoms with Crippen LogP contribution >= 0.6 is 11.3 Å². The Hall–Kier alpha value is -3.04. The Morgan fingerprint density at radius 3 is 2.16 bits per heavy atom. The van der Waals surface area contributed by atoms with Gasteiger partial charge in [0, 0.05) is 6.07 Å². The summed E-state index contributed by atoms with van der Waals surface area (Å²) in [6.07, 6.45) is 0. The summed E-state index contributed by atoms with van der Waals surface area (Å²) in [5.74, 6) is 0. The molecule has 0 saturated heterocycles. The van der Waals surface area contributed by atoms with Crippen molar-refractivity contribution in [3.8, 4) is 21.7 Å².